The predicted octanol–water partition coefficient (Wildman–Crippen LogP) is 2.10. The summed E-state index contributed by atoms with van der Waals surface area (Å²) in [4.78, 5) is 62.9. The van der Waals surface area contributed by atoms with Gasteiger partial charge in [-0.2, -0.15) is 0 Å². The molecule has 0 bridgehead atoms. The van der Waals surface area contributed by atoms with Gasteiger partial charge in [-0.1, -0.05) is 62.4 Å². The molecule has 1 fully saturated rings. The number of ether oxygens (including phenoxy) is 1. The van der Waals surface area contributed by atoms with Crippen LogP contribution in [0, 0.1) is 5.92 Å². The lowest BCUT2D eigenvalue weighted by molar-refractivity contribution is -0.143. The fraction of sp³-hybridized carbons (Fsp3) is 0.414. The zero-order valence-corrected chi connectivity index (χ0v) is 22.2. The summed E-state index contributed by atoms with van der Waals surface area (Å²) in [6, 6.07) is 14.0. The third-order valence-corrected chi connectivity index (χ3v) is 6.53. The molecule has 2 aromatic carbocycles. The van der Waals surface area contributed by atoms with Gasteiger partial charge in [-0.15, -0.1) is 0 Å². The van der Waals surface area contributed by atoms with Gasteiger partial charge in [0, 0.05) is 12.1 Å². The van der Waals surface area contributed by atoms with Crippen LogP contribution in [0.4, 0.5) is 0 Å². The summed E-state index contributed by atoms with van der Waals surface area (Å²) in [7, 11) is 0. The van der Waals surface area contributed by atoms with Crippen molar-refractivity contribution in [1.82, 2.24) is 15.5 Å². The summed E-state index contributed by atoms with van der Waals surface area (Å²) in [5.41, 5.74) is 1.67. The van der Waals surface area contributed by atoms with E-state index in [0.717, 1.165) is 5.56 Å². The number of aldehydes is 1. The molecule has 3 atom stereocenters. The Morgan fingerprint density at radius 1 is 1.05 bits per heavy atom. The first-order valence-corrected chi connectivity index (χ1v) is 13.0. The second-order valence-electron chi connectivity index (χ2n) is 9.89. The largest absolute Gasteiger partial charge is 0.489 e. The Kier molecular flexibility index (Phi) is 10.6. The van der Waals surface area contributed by atoms with Gasteiger partial charge < -0.3 is 30.2 Å². The molecule has 0 aliphatic carbocycles. The second-order valence-corrected chi connectivity index (χ2v) is 9.89. The molecule has 1 aliphatic heterocycles. The number of amides is 3. The molecule has 0 radical (unpaired) electrons. The molecule has 10 nitrogen and oxygen atoms in total. The van der Waals surface area contributed by atoms with Crippen molar-refractivity contribution in [3.8, 4) is 5.75 Å². The van der Waals surface area contributed by atoms with Crippen LogP contribution in [0.15, 0.2) is 54.6 Å². The van der Waals surface area contributed by atoms with Crippen LogP contribution < -0.4 is 15.4 Å². The molecule has 1 aliphatic rings. The Hall–Kier alpha value is -4.21. The van der Waals surface area contributed by atoms with Crippen molar-refractivity contribution in [2.75, 3.05) is 6.54 Å². The second kappa shape index (κ2) is 14.1. The molecule has 3 amide bonds. The number of carbonyl (C=O) groups excluding carboxylic acids is 4. The van der Waals surface area contributed by atoms with E-state index in [1.54, 1.807) is 26.0 Å². The summed E-state index contributed by atoms with van der Waals surface area (Å²) >= 11 is 0. The molecule has 208 valence electrons. The number of carbonyl (C=O) groups is 5. The monoisotopic (exact) mass is 537 g/mol. The van der Waals surface area contributed by atoms with Gasteiger partial charge in [-0.05, 0) is 30.4 Å². The maximum atomic E-state index is 13.5. The van der Waals surface area contributed by atoms with E-state index in [-0.39, 0.29) is 18.2 Å². The zero-order valence-electron chi connectivity index (χ0n) is 22.2. The van der Waals surface area contributed by atoms with Crippen LogP contribution in [0.3, 0.4) is 0 Å². The molecule has 3 N–H and O–H groups in total. The van der Waals surface area contributed by atoms with Crippen LogP contribution in [0.2, 0.25) is 0 Å². The van der Waals surface area contributed by atoms with E-state index >= 15 is 0 Å². The molecule has 10 heteroatoms. The van der Waals surface area contributed by atoms with Crippen LogP contribution >= 0.6 is 0 Å². The molecular formula is C29H35N3O7. The van der Waals surface area contributed by atoms with Gasteiger partial charge in [0.25, 0.3) is 0 Å². The number of carboxylic acids is 1. The highest BCUT2D eigenvalue weighted by Crippen LogP contribution is 2.22. The zero-order chi connectivity index (χ0) is 28.4. The maximum absolute atomic E-state index is 13.5. The summed E-state index contributed by atoms with van der Waals surface area (Å²) in [5, 5.41) is 14.2. The summed E-state index contributed by atoms with van der Waals surface area (Å²) in [6.45, 7) is 4.28. The molecule has 39 heavy (non-hydrogen) atoms. The van der Waals surface area contributed by atoms with Crippen molar-refractivity contribution < 1.29 is 33.8 Å². The average Bonchev–Trinajstić information content (AvgIpc) is 3.41. The molecule has 0 aromatic heterocycles. The Morgan fingerprint density at radius 3 is 2.41 bits per heavy atom. The summed E-state index contributed by atoms with van der Waals surface area (Å²) < 4.78 is 5.95. The first-order chi connectivity index (χ1) is 18.7. The number of likely N-dealkylation sites (tertiary alicyclic amines) is 1. The molecule has 2 aromatic rings. The van der Waals surface area contributed by atoms with Crippen molar-refractivity contribution in [1.29, 1.82) is 0 Å². The lowest BCUT2D eigenvalue weighted by atomic mass is 10.0. The molecule has 1 heterocycles. The number of nitrogens with one attached hydrogen (secondary N) is 2. The third kappa shape index (κ3) is 8.39. The van der Waals surface area contributed by atoms with Gasteiger partial charge in [0.1, 0.15) is 30.7 Å². The lowest BCUT2D eigenvalue weighted by Crippen LogP contribution is -2.56. The van der Waals surface area contributed by atoms with Crippen LogP contribution in [0.5, 0.6) is 5.75 Å². The minimum Gasteiger partial charge on any atom is -0.489 e. The number of carboxylic acid groups (broad SMARTS) is 1. The van der Waals surface area contributed by atoms with Gasteiger partial charge in [0.15, 0.2) is 0 Å². The Labute approximate surface area is 227 Å². The van der Waals surface area contributed by atoms with Crippen molar-refractivity contribution in [3.05, 3.63) is 65.7 Å². The summed E-state index contributed by atoms with van der Waals surface area (Å²) in [6.07, 6.45) is 0.769. The van der Waals surface area contributed by atoms with E-state index < -0.39 is 42.3 Å². The van der Waals surface area contributed by atoms with E-state index in [2.05, 4.69) is 10.6 Å². The van der Waals surface area contributed by atoms with E-state index in [1.165, 1.54) is 4.90 Å². The van der Waals surface area contributed by atoms with E-state index in [0.29, 0.717) is 43.6 Å². The first kappa shape index (κ1) is 29.3. The third-order valence-electron chi connectivity index (χ3n) is 6.53. The van der Waals surface area contributed by atoms with Crippen LogP contribution in [0.25, 0.3) is 0 Å². The fourth-order valence-electron chi connectivity index (χ4n) is 4.52. The predicted molar refractivity (Wildman–Crippen MR) is 143 cm³/mol. The highest BCUT2D eigenvalue weighted by atomic mass is 16.5. The summed E-state index contributed by atoms with van der Waals surface area (Å²) in [5.74, 6) is -2.25. The van der Waals surface area contributed by atoms with E-state index in [9.17, 15) is 24.0 Å². The highest BCUT2D eigenvalue weighted by Gasteiger charge is 2.39. The average molecular weight is 538 g/mol. The Morgan fingerprint density at radius 2 is 1.74 bits per heavy atom. The number of aliphatic carboxylic acids is 1. The molecule has 0 saturated carbocycles. The molecule has 0 unspecified atom stereocenters. The minimum atomic E-state index is -1.22. The van der Waals surface area contributed by atoms with Crippen molar-refractivity contribution in [3.63, 3.8) is 0 Å². The van der Waals surface area contributed by atoms with Gasteiger partial charge in [0.2, 0.25) is 17.7 Å². The number of benzene rings is 2. The first-order valence-electron chi connectivity index (χ1n) is 13.0. The van der Waals surface area contributed by atoms with E-state index in [4.69, 9.17) is 9.84 Å². The number of nitrogens with zero attached hydrogens (tertiary/aromatic N) is 1. The normalized spacial score (nSPS) is 16.3. The van der Waals surface area contributed by atoms with Crippen LogP contribution in [-0.4, -0.2) is 64.7 Å². The van der Waals surface area contributed by atoms with Crippen LogP contribution in [0.1, 0.15) is 44.2 Å². The topological polar surface area (TPSA) is 142 Å². The Bertz CT molecular complexity index is 1170. The minimum absolute atomic E-state index is 0.00157. The SMILES string of the molecule is CC(C)[C@H](NC(=O)Cc1ccccc1OCc1ccccc1)C(=O)N1CCC[C@H]1C(=O)N[C@H](C=O)CC(=O)O. The highest BCUT2D eigenvalue weighted by molar-refractivity contribution is 5.94. The van der Waals surface area contributed by atoms with E-state index in [1.807, 2.05) is 42.5 Å². The van der Waals surface area contributed by atoms with Crippen LogP contribution in [-0.2, 0) is 37.0 Å². The standard InChI is InChI=1S/C29H35N3O7/c1-19(2)27(29(38)32-14-8-12-23(32)28(37)30-22(17-33)16-26(35)36)31-25(34)15-21-11-6-7-13-24(21)39-18-20-9-4-3-5-10-20/h3-7,9-11,13,17,19,22-23,27H,8,12,14-16,18H2,1-2H3,(H,30,37)(H,31,34)(H,35,36)/t22-,23-,27-/m0/s1. The lowest BCUT2D eigenvalue weighted by Gasteiger charge is -2.31. The molecule has 1 saturated heterocycles. The van der Waals surface area contributed by atoms with Crippen molar-refractivity contribution in [2.24, 2.45) is 5.92 Å². The molecule has 0 spiro atoms. The van der Waals surface area contributed by atoms with Crippen molar-refractivity contribution >= 4 is 30.0 Å². The van der Waals surface area contributed by atoms with Gasteiger partial charge in [-0.25, -0.2) is 0 Å². The Balaban J connectivity index is 1.65. The maximum Gasteiger partial charge on any atom is 0.305 e. The van der Waals surface area contributed by atoms with Crippen molar-refractivity contribution in [2.45, 2.75) is 64.3 Å². The molecule has 3 rings (SSSR count). The van der Waals surface area contributed by atoms with Gasteiger partial charge >= 0.3 is 5.97 Å². The number of para-hydroxylation sites is 1. The smallest absolute Gasteiger partial charge is 0.305 e. The molecular weight excluding hydrogens is 502 g/mol. The quantitative estimate of drug-likeness (QED) is 0.332. The number of hydrogen-bond acceptors (Lipinski definition) is 6. The number of hydrogen-bond donors (Lipinski definition) is 3. The van der Waals surface area contributed by atoms with Gasteiger partial charge in [-0.3, -0.25) is 19.2 Å². The fourth-order valence-corrected chi connectivity index (χ4v) is 4.52. The van der Waals surface area contributed by atoms with Gasteiger partial charge in [0.05, 0.1) is 18.9 Å². The number of rotatable bonds is 13.